The van der Waals surface area contributed by atoms with Gasteiger partial charge in [-0.25, -0.2) is 13.1 Å². The molecule has 0 aliphatic heterocycles. The molecule has 0 atom stereocenters. The van der Waals surface area contributed by atoms with Gasteiger partial charge in [0.2, 0.25) is 10.0 Å². The van der Waals surface area contributed by atoms with Gasteiger partial charge in [0.25, 0.3) is 0 Å². The zero-order valence-corrected chi connectivity index (χ0v) is 12.2. The van der Waals surface area contributed by atoms with Crippen LogP contribution in [0.3, 0.4) is 0 Å². The van der Waals surface area contributed by atoms with Gasteiger partial charge in [-0.2, -0.15) is 0 Å². The molecule has 1 fully saturated rings. The second kappa shape index (κ2) is 5.16. The highest BCUT2D eigenvalue weighted by molar-refractivity contribution is 9.10. The van der Waals surface area contributed by atoms with E-state index in [2.05, 4.69) is 20.7 Å². The molecule has 5 nitrogen and oxygen atoms in total. The Bertz CT molecular complexity index is 540. The van der Waals surface area contributed by atoms with Crippen molar-refractivity contribution in [1.82, 2.24) is 4.72 Å². The molecule has 0 bridgehead atoms. The molecular weight excluding hydrogens is 322 g/mol. The summed E-state index contributed by atoms with van der Waals surface area (Å²) in [7, 11) is -2.02. The van der Waals surface area contributed by atoms with Crippen molar-refractivity contribution in [3.05, 3.63) is 22.7 Å². The lowest BCUT2D eigenvalue weighted by molar-refractivity contribution is 0.0712. The first kappa shape index (κ1) is 13.8. The summed E-state index contributed by atoms with van der Waals surface area (Å²) in [6.07, 6.45) is 0.549. The molecule has 18 heavy (non-hydrogen) atoms. The number of aliphatic hydroxyl groups excluding tert-OH is 1. The first-order valence-corrected chi connectivity index (χ1v) is 7.74. The van der Waals surface area contributed by atoms with E-state index in [1.807, 2.05) is 0 Å². The summed E-state index contributed by atoms with van der Waals surface area (Å²) in [5, 5.41) is 9.14. The number of halogens is 1. The summed E-state index contributed by atoms with van der Waals surface area (Å²) in [6.45, 7) is 0. The molecule has 1 aliphatic rings. The molecule has 7 heteroatoms. The molecule has 1 aromatic carbocycles. The van der Waals surface area contributed by atoms with Crippen LogP contribution in [0.4, 0.5) is 0 Å². The van der Waals surface area contributed by atoms with Crippen LogP contribution in [0.5, 0.6) is 5.75 Å². The molecule has 0 aromatic heterocycles. The Balaban J connectivity index is 2.16. The van der Waals surface area contributed by atoms with Gasteiger partial charge in [-0.15, -0.1) is 0 Å². The highest BCUT2D eigenvalue weighted by Crippen LogP contribution is 2.28. The lowest BCUT2D eigenvalue weighted by Gasteiger charge is -2.31. The summed E-state index contributed by atoms with van der Waals surface area (Å²) >= 11 is 3.25. The first-order valence-electron chi connectivity index (χ1n) is 5.46. The third-order valence-electron chi connectivity index (χ3n) is 2.87. The summed E-state index contributed by atoms with van der Waals surface area (Å²) in [5.74, 6) is 0.577. The Labute approximate surface area is 114 Å². The van der Waals surface area contributed by atoms with Crippen molar-refractivity contribution in [2.45, 2.75) is 29.9 Å². The van der Waals surface area contributed by atoms with Crippen LogP contribution in [0.1, 0.15) is 12.8 Å². The highest BCUT2D eigenvalue weighted by atomic mass is 79.9. The van der Waals surface area contributed by atoms with E-state index in [0.717, 1.165) is 0 Å². The molecule has 0 saturated heterocycles. The molecular formula is C11H14BrNO4S. The summed E-state index contributed by atoms with van der Waals surface area (Å²) < 4.78 is 32.3. The minimum absolute atomic E-state index is 0.175. The molecule has 0 unspecified atom stereocenters. The second-order valence-electron chi connectivity index (χ2n) is 4.24. The molecule has 0 radical (unpaired) electrons. The molecule has 1 aliphatic carbocycles. The van der Waals surface area contributed by atoms with E-state index in [9.17, 15) is 8.42 Å². The van der Waals surface area contributed by atoms with Crippen molar-refractivity contribution in [2.75, 3.05) is 7.11 Å². The van der Waals surface area contributed by atoms with Crippen molar-refractivity contribution in [3.8, 4) is 5.75 Å². The maximum absolute atomic E-state index is 12.0. The summed E-state index contributed by atoms with van der Waals surface area (Å²) in [4.78, 5) is 0.177. The Kier molecular flexibility index (Phi) is 3.96. The number of methoxy groups -OCH3 is 1. The highest BCUT2D eigenvalue weighted by Gasteiger charge is 2.31. The largest absolute Gasteiger partial charge is 0.496 e. The van der Waals surface area contributed by atoms with Gasteiger partial charge in [0.1, 0.15) is 5.75 Å². The van der Waals surface area contributed by atoms with Gasteiger partial charge in [-0.05, 0) is 47.0 Å². The smallest absolute Gasteiger partial charge is 0.240 e. The fraction of sp³-hybridized carbons (Fsp3) is 0.455. The fourth-order valence-electron chi connectivity index (χ4n) is 1.79. The molecule has 1 saturated carbocycles. The van der Waals surface area contributed by atoms with Crippen molar-refractivity contribution >= 4 is 26.0 Å². The van der Waals surface area contributed by atoms with Gasteiger partial charge in [0.05, 0.1) is 22.6 Å². The summed E-state index contributed by atoms with van der Waals surface area (Å²) in [6, 6.07) is 4.40. The Morgan fingerprint density at radius 1 is 1.44 bits per heavy atom. The number of aliphatic hydroxyl groups is 1. The van der Waals surface area contributed by atoms with Crippen molar-refractivity contribution in [1.29, 1.82) is 0 Å². The lowest BCUT2D eigenvalue weighted by atomic mass is 9.91. The quantitative estimate of drug-likeness (QED) is 0.868. The van der Waals surface area contributed by atoms with Crippen LogP contribution in [0.25, 0.3) is 0 Å². The molecule has 0 heterocycles. The molecule has 1 aromatic rings. The van der Waals surface area contributed by atoms with Crippen LogP contribution in [-0.4, -0.2) is 32.8 Å². The van der Waals surface area contributed by atoms with E-state index >= 15 is 0 Å². The molecule has 100 valence electrons. The minimum atomic E-state index is -3.54. The van der Waals surface area contributed by atoms with Gasteiger partial charge in [0, 0.05) is 6.04 Å². The van der Waals surface area contributed by atoms with Gasteiger partial charge in [-0.3, -0.25) is 0 Å². The van der Waals surface area contributed by atoms with E-state index in [4.69, 9.17) is 9.84 Å². The Morgan fingerprint density at radius 3 is 2.61 bits per heavy atom. The number of rotatable bonds is 4. The fourth-order valence-corrected chi connectivity index (χ4v) is 3.77. The second-order valence-corrected chi connectivity index (χ2v) is 6.81. The zero-order valence-electron chi connectivity index (χ0n) is 9.76. The van der Waals surface area contributed by atoms with Crippen LogP contribution < -0.4 is 9.46 Å². The maximum atomic E-state index is 12.0. The minimum Gasteiger partial charge on any atom is -0.496 e. The van der Waals surface area contributed by atoms with Gasteiger partial charge in [0.15, 0.2) is 0 Å². The number of hydrogen-bond acceptors (Lipinski definition) is 4. The number of sulfonamides is 1. The Hall–Kier alpha value is -0.630. The van der Waals surface area contributed by atoms with Crippen LogP contribution in [0.15, 0.2) is 27.6 Å². The number of nitrogens with one attached hydrogen (secondary N) is 1. The van der Waals surface area contributed by atoms with E-state index in [1.165, 1.54) is 19.2 Å². The summed E-state index contributed by atoms with van der Waals surface area (Å²) in [5.41, 5.74) is 0. The monoisotopic (exact) mass is 335 g/mol. The van der Waals surface area contributed by atoms with Crippen LogP contribution in [0.2, 0.25) is 0 Å². The van der Waals surface area contributed by atoms with E-state index in [0.29, 0.717) is 23.1 Å². The SMILES string of the molecule is COc1ccc(S(=O)(=O)NC2CC(O)C2)cc1Br. The van der Waals surface area contributed by atoms with Crippen molar-refractivity contribution in [2.24, 2.45) is 0 Å². The number of hydrogen-bond donors (Lipinski definition) is 2. The van der Waals surface area contributed by atoms with Crippen LogP contribution in [0, 0.1) is 0 Å². The molecule has 2 rings (SSSR count). The van der Waals surface area contributed by atoms with Crippen LogP contribution >= 0.6 is 15.9 Å². The van der Waals surface area contributed by atoms with Gasteiger partial charge >= 0.3 is 0 Å². The molecule has 2 N–H and O–H groups in total. The third-order valence-corrected chi connectivity index (χ3v) is 5.01. The first-order chi connectivity index (χ1) is 8.42. The molecule has 0 amide bonds. The van der Waals surface area contributed by atoms with Crippen molar-refractivity contribution < 1.29 is 18.3 Å². The van der Waals surface area contributed by atoms with E-state index in [1.54, 1.807) is 6.07 Å². The predicted octanol–water partition coefficient (Wildman–Crippen LogP) is 1.26. The van der Waals surface area contributed by atoms with E-state index in [-0.39, 0.29) is 17.0 Å². The molecule has 0 spiro atoms. The number of ether oxygens (including phenoxy) is 1. The maximum Gasteiger partial charge on any atom is 0.240 e. The number of benzene rings is 1. The van der Waals surface area contributed by atoms with Crippen molar-refractivity contribution in [3.63, 3.8) is 0 Å². The third kappa shape index (κ3) is 2.85. The van der Waals surface area contributed by atoms with E-state index < -0.39 is 10.0 Å². The zero-order chi connectivity index (χ0) is 13.3. The average Bonchev–Trinajstić information content (AvgIpc) is 2.26. The van der Waals surface area contributed by atoms with Crippen LogP contribution in [-0.2, 0) is 10.0 Å². The normalized spacial score (nSPS) is 23.5. The lowest BCUT2D eigenvalue weighted by Crippen LogP contribution is -2.46. The average molecular weight is 336 g/mol. The van der Waals surface area contributed by atoms with Gasteiger partial charge < -0.3 is 9.84 Å². The standard InChI is InChI=1S/C11H14BrNO4S/c1-17-11-3-2-9(6-10(11)12)18(15,16)13-7-4-8(14)5-7/h2-3,6-8,13-14H,4-5H2,1H3. The topological polar surface area (TPSA) is 75.6 Å². The Morgan fingerprint density at radius 2 is 2.11 bits per heavy atom. The van der Waals surface area contributed by atoms with Gasteiger partial charge in [-0.1, -0.05) is 0 Å². The predicted molar refractivity (Wildman–Crippen MR) is 70.0 cm³/mol.